The molecule has 0 aromatic carbocycles. The topological polar surface area (TPSA) is 55.1 Å². The van der Waals surface area contributed by atoms with Crippen LogP contribution in [0.25, 0.3) is 10.2 Å². The minimum Gasteiger partial charge on any atom is -0.477 e. The highest BCUT2D eigenvalue weighted by Crippen LogP contribution is 2.36. The Morgan fingerprint density at radius 3 is 2.26 bits per heavy atom. The molecule has 2 aromatic heterocycles. The predicted octanol–water partition coefficient (Wildman–Crippen LogP) is 3.85. The minimum absolute atomic E-state index is 0.106. The molecule has 4 nitrogen and oxygen atoms in total. The number of rotatable bonds is 1. The maximum Gasteiger partial charge on any atom is 0.345 e. The first kappa shape index (κ1) is 14.1. The van der Waals surface area contributed by atoms with E-state index in [1.807, 2.05) is 4.68 Å². The molecule has 0 aliphatic carbocycles. The van der Waals surface area contributed by atoms with Crippen molar-refractivity contribution in [3.63, 3.8) is 0 Å². The summed E-state index contributed by atoms with van der Waals surface area (Å²) in [5, 5.41) is 14.9. The van der Waals surface area contributed by atoms with Crippen LogP contribution in [0.4, 0.5) is 0 Å². The van der Waals surface area contributed by atoms with E-state index in [1.54, 1.807) is 6.07 Å². The maximum absolute atomic E-state index is 11.2. The molecule has 5 heteroatoms. The summed E-state index contributed by atoms with van der Waals surface area (Å²) in [5.41, 5.74) is 0.690. The van der Waals surface area contributed by atoms with Crippen LogP contribution in [0.5, 0.6) is 0 Å². The Kier molecular flexibility index (Phi) is 3.01. The molecule has 2 heterocycles. The molecular formula is C14H20N2O2S. The third-order valence-electron chi connectivity index (χ3n) is 2.92. The monoisotopic (exact) mass is 280 g/mol. The van der Waals surface area contributed by atoms with Gasteiger partial charge in [-0.1, -0.05) is 20.8 Å². The van der Waals surface area contributed by atoms with E-state index in [4.69, 9.17) is 5.10 Å². The van der Waals surface area contributed by atoms with Crippen molar-refractivity contribution in [1.29, 1.82) is 0 Å². The second kappa shape index (κ2) is 4.07. The molecule has 0 atom stereocenters. The number of carbonyl (C=O) groups is 1. The van der Waals surface area contributed by atoms with Crippen molar-refractivity contribution in [2.45, 2.75) is 52.5 Å². The van der Waals surface area contributed by atoms with Crippen molar-refractivity contribution in [3.05, 3.63) is 16.6 Å². The lowest BCUT2D eigenvalue weighted by Crippen LogP contribution is -2.24. The summed E-state index contributed by atoms with van der Waals surface area (Å²) >= 11 is 1.30. The molecule has 0 radical (unpaired) electrons. The number of hydrogen-bond donors (Lipinski definition) is 1. The molecular weight excluding hydrogens is 260 g/mol. The quantitative estimate of drug-likeness (QED) is 0.863. The lowest BCUT2D eigenvalue weighted by molar-refractivity contribution is 0.0702. The van der Waals surface area contributed by atoms with Gasteiger partial charge in [0.05, 0.1) is 11.2 Å². The number of thiophene rings is 1. The molecule has 0 unspecified atom stereocenters. The van der Waals surface area contributed by atoms with E-state index in [-0.39, 0.29) is 11.0 Å². The maximum atomic E-state index is 11.2. The Hall–Kier alpha value is -1.36. The molecule has 0 aliphatic heterocycles. The number of aromatic carboxylic acids is 1. The Balaban J connectivity index is 2.81. The summed E-state index contributed by atoms with van der Waals surface area (Å²) in [4.78, 5) is 12.5. The molecule has 0 saturated carbocycles. The van der Waals surface area contributed by atoms with Gasteiger partial charge in [0.25, 0.3) is 0 Å². The number of carboxylic acids is 1. The third-order valence-corrected chi connectivity index (χ3v) is 4.02. The summed E-state index contributed by atoms with van der Waals surface area (Å²) in [6.07, 6.45) is 0. The zero-order valence-corrected chi connectivity index (χ0v) is 13.1. The van der Waals surface area contributed by atoms with Gasteiger partial charge in [-0.15, -0.1) is 11.3 Å². The molecule has 0 aliphatic rings. The highest BCUT2D eigenvalue weighted by atomic mass is 32.1. The van der Waals surface area contributed by atoms with Crippen LogP contribution in [-0.2, 0) is 11.0 Å². The SMILES string of the molecule is CC(C)(C)c1nn(C(C)(C)C)c2sc(C(=O)O)cc12. The zero-order chi connectivity index (χ0) is 14.6. The van der Waals surface area contributed by atoms with Crippen LogP contribution >= 0.6 is 11.3 Å². The molecule has 19 heavy (non-hydrogen) atoms. The molecule has 0 bridgehead atoms. The van der Waals surface area contributed by atoms with Crippen molar-refractivity contribution in [3.8, 4) is 0 Å². The van der Waals surface area contributed by atoms with Gasteiger partial charge in [-0.25, -0.2) is 9.48 Å². The molecule has 1 N–H and O–H groups in total. The average Bonchev–Trinajstić information content (AvgIpc) is 2.68. The first-order valence-corrected chi connectivity index (χ1v) is 7.10. The van der Waals surface area contributed by atoms with E-state index in [0.29, 0.717) is 4.88 Å². The lowest BCUT2D eigenvalue weighted by Gasteiger charge is -2.21. The molecule has 104 valence electrons. The van der Waals surface area contributed by atoms with Gasteiger partial charge in [-0.2, -0.15) is 5.10 Å². The van der Waals surface area contributed by atoms with E-state index in [9.17, 15) is 9.90 Å². The Labute approximate surface area is 117 Å². The van der Waals surface area contributed by atoms with Crippen LogP contribution < -0.4 is 0 Å². The van der Waals surface area contributed by atoms with Crippen molar-refractivity contribution in [2.75, 3.05) is 0 Å². The number of fused-ring (bicyclic) bond motifs is 1. The standard InChI is InChI=1S/C14H20N2O2S/c1-13(2,3)10-8-7-9(12(17)18)19-11(8)16(15-10)14(4,5)6/h7H,1-6H3,(H,17,18). The average molecular weight is 280 g/mol. The Morgan fingerprint density at radius 1 is 1.26 bits per heavy atom. The van der Waals surface area contributed by atoms with Crippen molar-refractivity contribution in [1.82, 2.24) is 9.78 Å². The summed E-state index contributed by atoms with van der Waals surface area (Å²) in [6, 6.07) is 1.75. The van der Waals surface area contributed by atoms with E-state index < -0.39 is 5.97 Å². The highest BCUT2D eigenvalue weighted by molar-refractivity contribution is 7.20. The molecule has 2 aromatic rings. The van der Waals surface area contributed by atoms with E-state index >= 15 is 0 Å². The second-order valence-electron chi connectivity index (χ2n) is 6.82. The molecule has 0 spiro atoms. The van der Waals surface area contributed by atoms with Gasteiger partial charge in [0.2, 0.25) is 0 Å². The summed E-state index contributed by atoms with van der Waals surface area (Å²) in [7, 11) is 0. The molecule has 0 saturated heterocycles. The van der Waals surface area contributed by atoms with Gasteiger partial charge in [-0.05, 0) is 26.8 Å². The van der Waals surface area contributed by atoms with Crippen molar-refractivity contribution >= 4 is 27.5 Å². The second-order valence-corrected chi connectivity index (χ2v) is 7.85. The first-order chi connectivity index (χ1) is 8.51. The van der Waals surface area contributed by atoms with Crippen LogP contribution in [0.2, 0.25) is 0 Å². The lowest BCUT2D eigenvalue weighted by atomic mass is 9.91. The smallest absolute Gasteiger partial charge is 0.345 e. The fourth-order valence-corrected chi connectivity index (χ4v) is 3.16. The van der Waals surface area contributed by atoms with Crippen LogP contribution in [0, 0.1) is 0 Å². The van der Waals surface area contributed by atoms with E-state index in [0.717, 1.165) is 15.9 Å². The fraction of sp³-hybridized carbons (Fsp3) is 0.571. The highest BCUT2D eigenvalue weighted by Gasteiger charge is 2.28. The molecule has 0 fully saturated rings. The van der Waals surface area contributed by atoms with Crippen LogP contribution in [-0.4, -0.2) is 20.9 Å². The van der Waals surface area contributed by atoms with Gasteiger partial charge < -0.3 is 5.11 Å². The Bertz CT molecular complexity index is 592. The summed E-state index contributed by atoms with van der Waals surface area (Å²) < 4.78 is 1.94. The summed E-state index contributed by atoms with van der Waals surface area (Å²) in [6.45, 7) is 12.5. The summed E-state index contributed by atoms with van der Waals surface area (Å²) in [5.74, 6) is -0.874. The normalized spacial score (nSPS) is 13.2. The van der Waals surface area contributed by atoms with Gasteiger partial charge in [0.15, 0.2) is 0 Å². The number of aromatic nitrogens is 2. The largest absolute Gasteiger partial charge is 0.477 e. The van der Waals surface area contributed by atoms with Gasteiger partial charge >= 0.3 is 5.97 Å². The van der Waals surface area contributed by atoms with Gasteiger partial charge in [0, 0.05) is 10.8 Å². The Morgan fingerprint density at radius 2 is 1.84 bits per heavy atom. The first-order valence-electron chi connectivity index (χ1n) is 6.28. The predicted molar refractivity (Wildman–Crippen MR) is 78.3 cm³/mol. The van der Waals surface area contributed by atoms with Crippen molar-refractivity contribution < 1.29 is 9.90 Å². The zero-order valence-electron chi connectivity index (χ0n) is 12.2. The van der Waals surface area contributed by atoms with Crippen molar-refractivity contribution in [2.24, 2.45) is 0 Å². The van der Waals surface area contributed by atoms with Gasteiger partial charge in [0.1, 0.15) is 9.71 Å². The van der Waals surface area contributed by atoms with Crippen LogP contribution in [0.15, 0.2) is 6.07 Å². The molecule has 0 amide bonds. The minimum atomic E-state index is -0.874. The van der Waals surface area contributed by atoms with Crippen LogP contribution in [0.3, 0.4) is 0 Å². The number of nitrogens with zero attached hydrogens (tertiary/aromatic N) is 2. The van der Waals surface area contributed by atoms with E-state index in [2.05, 4.69) is 41.5 Å². The van der Waals surface area contributed by atoms with Gasteiger partial charge in [-0.3, -0.25) is 0 Å². The number of hydrogen-bond acceptors (Lipinski definition) is 3. The van der Waals surface area contributed by atoms with E-state index in [1.165, 1.54) is 11.3 Å². The van der Waals surface area contributed by atoms with Crippen LogP contribution in [0.1, 0.15) is 56.9 Å². The third kappa shape index (κ3) is 2.39. The molecule has 2 rings (SSSR count). The number of carboxylic acid groups (broad SMARTS) is 1. The fourth-order valence-electron chi connectivity index (χ4n) is 2.02.